The predicted molar refractivity (Wildman–Crippen MR) is 129 cm³/mol. The minimum atomic E-state index is -4.78. The van der Waals surface area contributed by atoms with Gasteiger partial charge in [-0.1, -0.05) is 42.5 Å². The Hall–Kier alpha value is -4.41. The first-order valence-corrected chi connectivity index (χ1v) is 11.2. The van der Waals surface area contributed by atoms with Crippen molar-refractivity contribution < 1.29 is 31.9 Å². The van der Waals surface area contributed by atoms with Crippen LogP contribution in [0.4, 0.5) is 28.0 Å². The number of benzene rings is 3. The van der Waals surface area contributed by atoms with Crippen LogP contribution >= 0.6 is 0 Å². The van der Waals surface area contributed by atoms with Gasteiger partial charge in [-0.3, -0.25) is 4.79 Å². The van der Waals surface area contributed by atoms with Gasteiger partial charge >= 0.3 is 12.4 Å². The number of carbonyl (C=O) groups excluding carboxylic acids is 2. The van der Waals surface area contributed by atoms with Crippen molar-refractivity contribution in [1.82, 2.24) is 10.6 Å². The molecule has 0 bridgehead atoms. The van der Waals surface area contributed by atoms with Crippen LogP contribution in [0.2, 0.25) is 0 Å². The lowest BCUT2D eigenvalue weighted by Gasteiger charge is -2.21. The number of ether oxygens (including phenoxy) is 1. The average Bonchev–Trinajstić information content (AvgIpc) is 2.95. The molecule has 37 heavy (non-hydrogen) atoms. The molecular weight excluding hydrogens is 492 g/mol. The van der Waals surface area contributed by atoms with Gasteiger partial charge in [-0.15, -0.1) is 13.2 Å². The number of hydrogen-bond donors (Lipinski definition) is 2. The largest absolute Gasteiger partial charge is 0.573 e. The van der Waals surface area contributed by atoms with Gasteiger partial charge in [0.25, 0.3) is 5.91 Å². The van der Waals surface area contributed by atoms with Crippen LogP contribution in [0.25, 0.3) is 0 Å². The smallest absolute Gasteiger partial charge is 0.406 e. The van der Waals surface area contributed by atoms with Crippen LogP contribution in [-0.2, 0) is 11.2 Å². The summed E-state index contributed by atoms with van der Waals surface area (Å²) in [5.74, 6) is -1.39. The Balaban J connectivity index is 1.46. The number of urea groups is 1. The Labute approximate surface area is 209 Å². The molecule has 192 valence electrons. The first kappa shape index (κ1) is 25.7. The van der Waals surface area contributed by atoms with E-state index < -0.39 is 30.3 Å². The summed E-state index contributed by atoms with van der Waals surface area (Å²) in [6, 6.07) is 17.5. The fourth-order valence-electron chi connectivity index (χ4n) is 3.84. The van der Waals surface area contributed by atoms with E-state index in [0.29, 0.717) is 23.2 Å². The van der Waals surface area contributed by atoms with Crippen LogP contribution in [-0.4, -0.2) is 43.8 Å². The zero-order valence-electron chi connectivity index (χ0n) is 19.6. The summed E-state index contributed by atoms with van der Waals surface area (Å²) >= 11 is 0. The van der Waals surface area contributed by atoms with Gasteiger partial charge in [0.1, 0.15) is 11.6 Å². The molecule has 0 aliphatic carbocycles. The van der Waals surface area contributed by atoms with Crippen molar-refractivity contribution in [2.45, 2.75) is 18.9 Å². The second-order valence-corrected chi connectivity index (χ2v) is 8.12. The summed E-state index contributed by atoms with van der Waals surface area (Å²) in [5.41, 5.74) is 2.11. The first-order valence-electron chi connectivity index (χ1n) is 11.2. The summed E-state index contributed by atoms with van der Waals surface area (Å²) in [6.07, 6.45) is -5.79. The minimum absolute atomic E-state index is 0.131. The van der Waals surface area contributed by atoms with E-state index in [0.717, 1.165) is 0 Å². The molecule has 0 saturated carbocycles. The molecule has 1 unspecified atom stereocenters. The molecule has 0 aromatic heterocycles. The third-order valence-corrected chi connectivity index (χ3v) is 5.60. The fourth-order valence-corrected chi connectivity index (χ4v) is 3.84. The highest BCUT2D eigenvalue weighted by molar-refractivity contribution is 6.20. The van der Waals surface area contributed by atoms with Crippen LogP contribution in [0.5, 0.6) is 5.75 Å². The van der Waals surface area contributed by atoms with Crippen molar-refractivity contribution in [3.8, 4) is 5.75 Å². The molecule has 1 aliphatic rings. The molecule has 0 spiro atoms. The number of likely N-dealkylation sites (N-methyl/N-ethyl adjacent to an activating group) is 1. The zero-order chi connectivity index (χ0) is 26.6. The topological polar surface area (TPSA) is 83.0 Å². The van der Waals surface area contributed by atoms with Crippen molar-refractivity contribution >= 4 is 23.3 Å². The predicted octanol–water partition coefficient (Wildman–Crippen LogP) is 4.41. The number of hydrogen-bond acceptors (Lipinski definition) is 4. The molecule has 2 N–H and O–H groups in total. The molecule has 0 radical (unpaired) electrons. The Morgan fingerprint density at radius 2 is 1.65 bits per heavy atom. The summed E-state index contributed by atoms with van der Waals surface area (Å²) < 4.78 is 55.4. The number of alkyl halides is 3. The van der Waals surface area contributed by atoms with Crippen LogP contribution in [0.15, 0.2) is 77.8 Å². The van der Waals surface area contributed by atoms with Crippen molar-refractivity contribution in [2.75, 3.05) is 18.5 Å². The van der Waals surface area contributed by atoms with E-state index in [9.17, 15) is 27.2 Å². The molecule has 3 aromatic carbocycles. The highest BCUT2D eigenvalue weighted by Crippen LogP contribution is 2.28. The molecule has 1 aliphatic heterocycles. The molecular formula is C26H22F4N4O3. The van der Waals surface area contributed by atoms with Crippen molar-refractivity contribution in [2.24, 2.45) is 4.99 Å². The molecule has 11 heteroatoms. The summed E-state index contributed by atoms with van der Waals surface area (Å²) in [7, 11) is 1.54. The third-order valence-electron chi connectivity index (χ3n) is 5.60. The van der Waals surface area contributed by atoms with E-state index >= 15 is 0 Å². The number of para-hydroxylation sites is 1. The average molecular weight is 514 g/mol. The van der Waals surface area contributed by atoms with Crippen molar-refractivity contribution in [1.29, 1.82) is 0 Å². The van der Waals surface area contributed by atoms with Gasteiger partial charge in [0.15, 0.2) is 0 Å². The zero-order valence-corrected chi connectivity index (χ0v) is 19.6. The Bertz CT molecular complexity index is 1330. The highest BCUT2D eigenvalue weighted by atomic mass is 19.4. The van der Waals surface area contributed by atoms with Crippen molar-refractivity contribution in [3.05, 3.63) is 95.3 Å². The number of benzodiazepines with no additional fused rings is 1. The highest BCUT2D eigenvalue weighted by Gasteiger charge is 2.32. The van der Waals surface area contributed by atoms with E-state index in [2.05, 4.69) is 20.4 Å². The van der Waals surface area contributed by atoms with Crippen LogP contribution in [0.1, 0.15) is 16.7 Å². The molecule has 1 atom stereocenters. The Kier molecular flexibility index (Phi) is 7.42. The number of halogens is 4. The number of anilines is 1. The molecule has 3 amide bonds. The van der Waals surface area contributed by atoms with Gasteiger partial charge in [-0.25, -0.2) is 14.2 Å². The van der Waals surface area contributed by atoms with Crippen LogP contribution in [0, 0.1) is 5.82 Å². The molecule has 4 rings (SSSR count). The van der Waals surface area contributed by atoms with Gasteiger partial charge in [0.05, 0.1) is 11.4 Å². The standard InChI is InChI=1S/C26H22F4N4O3/c1-34-21-9-5-3-7-19(21)22(18-6-2-4-8-20(18)27)32-23(24(34)35)33-25(36)31-15-14-16-10-12-17(13-11-16)37-26(28,29)30/h2-13,23H,14-15H2,1H3,(H2,31,33,36). The number of amides is 3. The van der Waals surface area contributed by atoms with E-state index in [-0.39, 0.29) is 23.6 Å². The molecule has 7 nitrogen and oxygen atoms in total. The van der Waals surface area contributed by atoms with Gasteiger partial charge in [-0.2, -0.15) is 0 Å². The normalized spacial score (nSPS) is 15.4. The van der Waals surface area contributed by atoms with E-state index in [1.54, 1.807) is 49.5 Å². The summed E-state index contributed by atoms with van der Waals surface area (Å²) in [5, 5.41) is 5.12. The molecule has 3 aromatic rings. The van der Waals surface area contributed by atoms with Crippen molar-refractivity contribution in [3.63, 3.8) is 0 Å². The number of rotatable bonds is 6. The lowest BCUT2D eigenvalue weighted by Crippen LogP contribution is -2.49. The van der Waals surface area contributed by atoms with Gasteiger partial charge < -0.3 is 20.3 Å². The fraction of sp³-hybridized carbons (Fsp3) is 0.192. The lowest BCUT2D eigenvalue weighted by molar-refractivity contribution is -0.274. The quantitative estimate of drug-likeness (QED) is 0.479. The Morgan fingerprint density at radius 1 is 1.00 bits per heavy atom. The lowest BCUT2D eigenvalue weighted by atomic mass is 10.00. The SMILES string of the molecule is CN1C(=O)C(NC(=O)NCCc2ccc(OC(F)(F)F)cc2)N=C(c2ccccc2F)c2ccccc21. The van der Waals surface area contributed by atoms with Crippen LogP contribution < -0.4 is 20.3 Å². The molecule has 0 saturated heterocycles. The maximum atomic E-state index is 14.7. The number of aliphatic imine (C=N–C) groups is 1. The number of fused-ring (bicyclic) bond motifs is 1. The second kappa shape index (κ2) is 10.7. The van der Waals surface area contributed by atoms with E-state index in [4.69, 9.17) is 0 Å². The third kappa shape index (κ3) is 6.24. The molecule has 0 fully saturated rings. The molecule has 1 heterocycles. The van der Waals surface area contributed by atoms with E-state index in [1.807, 2.05) is 0 Å². The number of carbonyl (C=O) groups is 2. The minimum Gasteiger partial charge on any atom is -0.406 e. The van der Waals surface area contributed by atoms with Gasteiger partial charge in [-0.05, 0) is 42.3 Å². The maximum absolute atomic E-state index is 14.7. The number of nitrogens with zero attached hydrogens (tertiary/aromatic N) is 2. The van der Waals surface area contributed by atoms with Gasteiger partial charge in [0, 0.05) is 24.7 Å². The monoisotopic (exact) mass is 514 g/mol. The van der Waals surface area contributed by atoms with E-state index in [1.165, 1.54) is 35.2 Å². The first-order chi connectivity index (χ1) is 17.6. The summed E-state index contributed by atoms with van der Waals surface area (Å²) in [6.45, 7) is 0.131. The second-order valence-electron chi connectivity index (χ2n) is 8.12. The summed E-state index contributed by atoms with van der Waals surface area (Å²) in [4.78, 5) is 31.5. The number of nitrogens with one attached hydrogen (secondary N) is 2. The van der Waals surface area contributed by atoms with Crippen LogP contribution in [0.3, 0.4) is 0 Å². The van der Waals surface area contributed by atoms with Gasteiger partial charge in [0.2, 0.25) is 6.17 Å². The maximum Gasteiger partial charge on any atom is 0.573 e. The Morgan fingerprint density at radius 3 is 2.32 bits per heavy atom.